The van der Waals surface area contributed by atoms with E-state index < -0.39 is 0 Å². The minimum atomic E-state index is 0.325. The number of guanidine groups is 1. The van der Waals surface area contributed by atoms with E-state index in [1.165, 1.54) is 18.4 Å². The van der Waals surface area contributed by atoms with Crippen LogP contribution < -0.4 is 5.32 Å². The van der Waals surface area contributed by atoms with Crippen molar-refractivity contribution in [1.82, 2.24) is 10.2 Å². The van der Waals surface area contributed by atoms with Crippen LogP contribution in [0.1, 0.15) is 24.8 Å². The number of aliphatic imine (C=N–C) groups is 1. The molecule has 23 heavy (non-hydrogen) atoms. The number of ether oxygens (including phenoxy) is 1. The Morgan fingerprint density at radius 2 is 2.17 bits per heavy atom. The lowest BCUT2D eigenvalue weighted by atomic mass is 9.87. The van der Waals surface area contributed by atoms with Gasteiger partial charge in [-0.05, 0) is 43.4 Å². The SMILES string of the molecule is CN=C(NCCCc1ccc(O)cc1)N1CCC2(CCOC2)C1. The van der Waals surface area contributed by atoms with E-state index in [4.69, 9.17) is 4.74 Å². The zero-order valence-electron chi connectivity index (χ0n) is 13.9. The number of nitrogens with one attached hydrogen (secondary N) is 1. The van der Waals surface area contributed by atoms with Gasteiger partial charge in [0.1, 0.15) is 5.75 Å². The molecule has 3 rings (SSSR count). The summed E-state index contributed by atoms with van der Waals surface area (Å²) in [5.74, 6) is 1.34. The third-order valence-electron chi connectivity index (χ3n) is 5.00. The number of benzene rings is 1. The Balaban J connectivity index is 1.42. The second kappa shape index (κ2) is 7.21. The molecule has 0 aromatic heterocycles. The average Bonchev–Trinajstić information content (AvgIpc) is 3.20. The van der Waals surface area contributed by atoms with Crippen LogP contribution in [-0.4, -0.2) is 55.9 Å². The fourth-order valence-corrected chi connectivity index (χ4v) is 3.57. The minimum Gasteiger partial charge on any atom is -0.508 e. The molecule has 0 bridgehead atoms. The monoisotopic (exact) mass is 317 g/mol. The summed E-state index contributed by atoms with van der Waals surface area (Å²) in [6, 6.07) is 7.45. The summed E-state index contributed by atoms with van der Waals surface area (Å²) in [6.45, 7) is 4.85. The first kappa shape index (κ1) is 16.1. The molecule has 2 fully saturated rings. The molecule has 5 nitrogen and oxygen atoms in total. The first-order valence-corrected chi connectivity index (χ1v) is 8.52. The first-order valence-electron chi connectivity index (χ1n) is 8.52. The van der Waals surface area contributed by atoms with Gasteiger partial charge in [-0.1, -0.05) is 12.1 Å². The standard InChI is InChI=1S/C18H27N3O2/c1-19-17(21-11-8-18(13-21)9-12-23-14-18)20-10-2-3-15-4-6-16(22)7-5-15/h4-7,22H,2-3,8-14H2,1H3,(H,19,20). The number of nitrogens with zero attached hydrogens (tertiary/aromatic N) is 2. The molecule has 0 radical (unpaired) electrons. The van der Waals surface area contributed by atoms with Crippen molar-refractivity contribution in [2.24, 2.45) is 10.4 Å². The molecule has 2 aliphatic heterocycles. The quantitative estimate of drug-likeness (QED) is 0.507. The van der Waals surface area contributed by atoms with Crippen LogP contribution in [0.4, 0.5) is 0 Å². The van der Waals surface area contributed by atoms with Crippen molar-refractivity contribution in [3.05, 3.63) is 29.8 Å². The smallest absolute Gasteiger partial charge is 0.193 e. The van der Waals surface area contributed by atoms with Crippen molar-refractivity contribution in [2.45, 2.75) is 25.7 Å². The van der Waals surface area contributed by atoms with E-state index >= 15 is 0 Å². The number of rotatable bonds is 4. The normalized spacial score (nSPS) is 24.6. The van der Waals surface area contributed by atoms with Crippen LogP contribution in [0.3, 0.4) is 0 Å². The number of aromatic hydroxyl groups is 1. The van der Waals surface area contributed by atoms with E-state index in [-0.39, 0.29) is 0 Å². The van der Waals surface area contributed by atoms with Gasteiger partial charge in [0.05, 0.1) is 6.61 Å². The number of hydrogen-bond acceptors (Lipinski definition) is 3. The molecule has 1 aromatic carbocycles. The van der Waals surface area contributed by atoms with Crippen LogP contribution >= 0.6 is 0 Å². The third kappa shape index (κ3) is 3.96. The first-order chi connectivity index (χ1) is 11.2. The third-order valence-corrected chi connectivity index (χ3v) is 5.00. The van der Waals surface area contributed by atoms with Gasteiger partial charge in [-0.3, -0.25) is 4.99 Å². The van der Waals surface area contributed by atoms with Crippen LogP contribution in [0, 0.1) is 5.41 Å². The van der Waals surface area contributed by atoms with Crippen LogP contribution in [0.15, 0.2) is 29.3 Å². The van der Waals surface area contributed by atoms with Crippen molar-refractivity contribution >= 4 is 5.96 Å². The summed E-state index contributed by atoms with van der Waals surface area (Å²) < 4.78 is 5.60. The molecule has 1 spiro atoms. The van der Waals surface area contributed by atoms with Crippen LogP contribution in [0.25, 0.3) is 0 Å². The second-order valence-corrected chi connectivity index (χ2v) is 6.72. The Kier molecular flexibility index (Phi) is 5.06. The van der Waals surface area contributed by atoms with Gasteiger partial charge in [-0.25, -0.2) is 0 Å². The molecule has 126 valence electrons. The van der Waals surface area contributed by atoms with E-state index in [1.54, 1.807) is 12.1 Å². The zero-order valence-corrected chi connectivity index (χ0v) is 13.9. The summed E-state index contributed by atoms with van der Waals surface area (Å²) in [5.41, 5.74) is 1.62. The summed E-state index contributed by atoms with van der Waals surface area (Å²) in [5, 5.41) is 12.8. The van der Waals surface area contributed by atoms with Gasteiger partial charge in [0.2, 0.25) is 0 Å². The highest BCUT2D eigenvalue weighted by Crippen LogP contribution is 2.38. The Bertz CT molecular complexity index is 536. The lowest BCUT2D eigenvalue weighted by molar-refractivity contribution is 0.156. The lowest BCUT2D eigenvalue weighted by Gasteiger charge is -2.25. The highest BCUT2D eigenvalue weighted by Gasteiger charge is 2.42. The van der Waals surface area contributed by atoms with Gasteiger partial charge in [0.15, 0.2) is 5.96 Å². The molecule has 2 saturated heterocycles. The summed E-state index contributed by atoms with van der Waals surface area (Å²) >= 11 is 0. The van der Waals surface area contributed by atoms with Crippen molar-refractivity contribution in [3.63, 3.8) is 0 Å². The van der Waals surface area contributed by atoms with Gasteiger partial charge >= 0.3 is 0 Å². The summed E-state index contributed by atoms with van der Waals surface area (Å²) in [7, 11) is 1.86. The van der Waals surface area contributed by atoms with Crippen molar-refractivity contribution in [1.29, 1.82) is 0 Å². The van der Waals surface area contributed by atoms with E-state index in [2.05, 4.69) is 15.2 Å². The predicted molar refractivity (Wildman–Crippen MR) is 91.8 cm³/mol. The molecule has 2 heterocycles. The van der Waals surface area contributed by atoms with Crippen molar-refractivity contribution in [2.75, 3.05) is 39.9 Å². The predicted octanol–water partition coefficient (Wildman–Crippen LogP) is 2.01. The Labute approximate surface area is 138 Å². The van der Waals surface area contributed by atoms with Gasteiger partial charge < -0.3 is 20.1 Å². The fourth-order valence-electron chi connectivity index (χ4n) is 3.57. The Morgan fingerprint density at radius 1 is 1.35 bits per heavy atom. The second-order valence-electron chi connectivity index (χ2n) is 6.72. The number of hydrogen-bond donors (Lipinski definition) is 2. The molecule has 0 saturated carbocycles. The topological polar surface area (TPSA) is 57.1 Å². The van der Waals surface area contributed by atoms with E-state index in [0.29, 0.717) is 11.2 Å². The van der Waals surface area contributed by atoms with Crippen LogP contribution in [-0.2, 0) is 11.2 Å². The van der Waals surface area contributed by atoms with Crippen molar-refractivity contribution in [3.8, 4) is 5.75 Å². The fraction of sp³-hybridized carbons (Fsp3) is 0.611. The van der Waals surface area contributed by atoms with Gasteiger partial charge in [0.25, 0.3) is 0 Å². The van der Waals surface area contributed by atoms with Crippen LogP contribution in [0.5, 0.6) is 5.75 Å². The Hall–Kier alpha value is -1.75. The molecule has 2 N–H and O–H groups in total. The molecular formula is C18H27N3O2. The molecule has 1 unspecified atom stereocenters. The molecular weight excluding hydrogens is 290 g/mol. The molecule has 5 heteroatoms. The van der Waals surface area contributed by atoms with Gasteiger partial charge in [-0.15, -0.1) is 0 Å². The van der Waals surface area contributed by atoms with E-state index in [0.717, 1.165) is 51.6 Å². The number of phenols is 1. The van der Waals surface area contributed by atoms with E-state index in [1.807, 2.05) is 19.2 Å². The molecule has 0 aliphatic carbocycles. The minimum absolute atomic E-state index is 0.325. The van der Waals surface area contributed by atoms with Gasteiger partial charge in [-0.2, -0.15) is 0 Å². The van der Waals surface area contributed by atoms with E-state index in [9.17, 15) is 5.11 Å². The number of aryl methyl sites for hydroxylation is 1. The maximum absolute atomic E-state index is 9.30. The zero-order chi connectivity index (χ0) is 16.1. The van der Waals surface area contributed by atoms with Gasteiger partial charge in [0, 0.05) is 38.7 Å². The lowest BCUT2D eigenvalue weighted by Crippen LogP contribution is -2.41. The van der Waals surface area contributed by atoms with Crippen LogP contribution in [0.2, 0.25) is 0 Å². The average molecular weight is 317 g/mol. The summed E-state index contributed by atoms with van der Waals surface area (Å²) in [6.07, 6.45) is 4.44. The molecule has 1 aromatic rings. The molecule has 0 amide bonds. The molecule has 1 atom stereocenters. The molecule has 2 aliphatic rings. The Morgan fingerprint density at radius 3 is 2.87 bits per heavy atom. The number of likely N-dealkylation sites (tertiary alicyclic amines) is 1. The van der Waals surface area contributed by atoms with Crippen molar-refractivity contribution < 1.29 is 9.84 Å². The largest absolute Gasteiger partial charge is 0.508 e. The highest BCUT2D eigenvalue weighted by molar-refractivity contribution is 5.80. The maximum atomic E-state index is 9.30. The number of phenolic OH excluding ortho intramolecular Hbond substituents is 1. The maximum Gasteiger partial charge on any atom is 0.193 e. The highest BCUT2D eigenvalue weighted by atomic mass is 16.5. The summed E-state index contributed by atoms with van der Waals surface area (Å²) in [4.78, 5) is 6.81.